The van der Waals surface area contributed by atoms with Gasteiger partial charge in [0.1, 0.15) is 5.37 Å². The van der Waals surface area contributed by atoms with E-state index in [1.54, 1.807) is 40.9 Å². The predicted octanol–water partition coefficient (Wildman–Crippen LogP) is 5.35. The molecule has 5 heteroatoms. The monoisotopic (exact) mass is 393 g/mol. The molecule has 3 aromatic carbocycles. The number of ketones is 1. The minimum absolute atomic E-state index is 0.0291. The molecule has 3 aromatic rings. The summed E-state index contributed by atoms with van der Waals surface area (Å²) in [7, 11) is 0. The van der Waals surface area contributed by atoms with Crippen LogP contribution in [0.15, 0.2) is 78.9 Å². The van der Waals surface area contributed by atoms with E-state index in [9.17, 15) is 9.59 Å². The second-order valence-electron chi connectivity index (χ2n) is 6.22. The van der Waals surface area contributed by atoms with Gasteiger partial charge in [0.2, 0.25) is 5.91 Å². The maximum Gasteiger partial charge on any atom is 0.238 e. The number of amides is 1. The zero-order chi connectivity index (χ0) is 18.8. The van der Waals surface area contributed by atoms with Gasteiger partial charge in [-0.1, -0.05) is 54.1 Å². The van der Waals surface area contributed by atoms with Crippen LogP contribution in [0.3, 0.4) is 0 Å². The number of anilines is 1. The SMILES string of the molecule is O=C(c1ccccc1)c1ccc(N2C(=O)CSC2c2ccc(Cl)cc2)cc1. The Morgan fingerprint density at radius 3 is 2.19 bits per heavy atom. The van der Waals surface area contributed by atoms with E-state index >= 15 is 0 Å². The molecule has 0 saturated carbocycles. The van der Waals surface area contributed by atoms with Crippen molar-refractivity contribution in [3.63, 3.8) is 0 Å². The van der Waals surface area contributed by atoms with Crippen LogP contribution >= 0.6 is 23.4 Å². The fraction of sp³-hybridized carbons (Fsp3) is 0.0909. The topological polar surface area (TPSA) is 37.4 Å². The molecule has 0 N–H and O–H groups in total. The van der Waals surface area contributed by atoms with Crippen LogP contribution in [0.4, 0.5) is 5.69 Å². The van der Waals surface area contributed by atoms with Gasteiger partial charge >= 0.3 is 0 Å². The van der Waals surface area contributed by atoms with Crippen LogP contribution < -0.4 is 4.90 Å². The molecule has 0 aromatic heterocycles. The summed E-state index contributed by atoms with van der Waals surface area (Å²) in [5.74, 6) is 0.457. The van der Waals surface area contributed by atoms with E-state index in [-0.39, 0.29) is 17.1 Å². The number of hydrogen-bond acceptors (Lipinski definition) is 3. The summed E-state index contributed by atoms with van der Waals surface area (Å²) in [4.78, 5) is 26.8. The molecule has 4 rings (SSSR count). The third kappa shape index (κ3) is 3.64. The molecule has 1 amide bonds. The van der Waals surface area contributed by atoms with Crippen molar-refractivity contribution in [3.8, 4) is 0 Å². The second-order valence-corrected chi connectivity index (χ2v) is 7.73. The Balaban J connectivity index is 1.61. The van der Waals surface area contributed by atoms with Gasteiger partial charge in [-0.25, -0.2) is 0 Å². The summed E-state index contributed by atoms with van der Waals surface area (Å²) in [6, 6.07) is 24.0. The van der Waals surface area contributed by atoms with E-state index in [1.807, 2.05) is 54.6 Å². The largest absolute Gasteiger partial charge is 0.295 e. The Bertz CT molecular complexity index is 971. The van der Waals surface area contributed by atoms with Crippen LogP contribution in [0.2, 0.25) is 5.02 Å². The Morgan fingerprint density at radius 1 is 0.889 bits per heavy atom. The molecule has 0 spiro atoms. The van der Waals surface area contributed by atoms with E-state index in [2.05, 4.69) is 0 Å². The molecule has 1 unspecified atom stereocenters. The van der Waals surface area contributed by atoms with Crippen LogP contribution in [-0.4, -0.2) is 17.4 Å². The van der Waals surface area contributed by atoms with Crippen molar-refractivity contribution in [2.45, 2.75) is 5.37 Å². The molecule has 0 radical (unpaired) electrons. The van der Waals surface area contributed by atoms with E-state index in [1.165, 1.54) is 0 Å². The van der Waals surface area contributed by atoms with Crippen molar-refractivity contribution in [1.82, 2.24) is 0 Å². The first-order valence-electron chi connectivity index (χ1n) is 8.52. The van der Waals surface area contributed by atoms with Gasteiger partial charge in [-0.3, -0.25) is 14.5 Å². The van der Waals surface area contributed by atoms with Crippen molar-refractivity contribution in [3.05, 3.63) is 101 Å². The average Bonchev–Trinajstić information content (AvgIpc) is 3.10. The summed E-state index contributed by atoms with van der Waals surface area (Å²) in [6.07, 6.45) is 0. The van der Waals surface area contributed by atoms with Gasteiger partial charge in [0, 0.05) is 21.8 Å². The molecular formula is C22H16ClNO2S. The van der Waals surface area contributed by atoms with Crippen molar-refractivity contribution in [2.75, 3.05) is 10.7 Å². The Hall–Kier alpha value is -2.56. The molecule has 3 nitrogen and oxygen atoms in total. The number of carbonyl (C=O) groups excluding carboxylic acids is 2. The molecule has 27 heavy (non-hydrogen) atoms. The second kappa shape index (κ2) is 7.59. The van der Waals surface area contributed by atoms with E-state index in [0.717, 1.165) is 11.3 Å². The summed E-state index contributed by atoms with van der Waals surface area (Å²) >= 11 is 7.56. The number of halogens is 1. The molecule has 1 fully saturated rings. The van der Waals surface area contributed by atoms with Crippen molar-refractivity contribution in [2.24, 2.45) is 0 Å². The summed E-state index contributed by atoms with van der Waals surface area (Å²) in [5, 5.41) is 0.578. The highest BCUT2D eigenvalue weighted by Gasteiger charge is 2.34. The zero-order valence-electron chi connectivity index (χ0n) is 14.3. The van der Waals surface area contributed by atoms with Gasteiger partial charge < -0.3 is 0 Å². The minimum Gasteiger partial charge on any atom is -0.295 e. The highest BCUT2D eigenvalue weighted by Crippen LogP contribution is 2.42. The third-order valence-corrected chi connectivity index (χ3v) is 5.93. The molecule has 134 valence electrons. The third-order valence-electron chi connectivity index (χ3n) is 4.47. The highest BCUT2D eigenvalue weighted by atomic mass is 35.5. The molecule has 0 aliphatic carbocycles. The van der Waals surface area contributed by atoms with Gasteiger partial charge in [0.15, 0.2) is 5.78 Å². The van der Waals surface area contributed by atoms with Gasteiger partial charge in [0.25, 0.3) is 0 Å². The lowest BCUT2D eigenvalue weighted by Gasteiger charge is -2.24. The normalized spacial score (nSPS) is 16.6. The van der Waals surface area contributed by atoms with Crippen LogP contribution in [-0.2, 0) is 4.79 Å². The van der Waals surface area contributed by atoms with E-state index in [0.29, 0.717) is 21.9 Å². The van der Waals surface area contributed by atoms with Crippen LogP contribution in [0, 0.1) is 0 Å². The van der Waals surface area contributed by atoms with Gasteiger partial charge in [-0.15, -0.1) is 11.8 Å². The first kappa shape index (κ1) is 17.8. The minimum atomic E-state index is -0.0922. The lowest BCUT2D eigenvalue weighted by molar-refractivity contribution is -0.115. The Morgan fingerprint density at radius 2 is 1.52 bits per heavy atom. The number of carbonyl (C=O) groups is 2. The summed E-state index contributed by atoms with van der Waals surface area (Å²) < 4.78 is 0. The molecule has 1 heterocycles. The molecular weight excluding hydrogens is 378 g/mol. The molecule has 1 aliphatic heterocycles. The Labute approximate surface area is 167 Å². The van der Waals surface area contributed by atoms with Gasteiger partial charge in [0.05, 0.1) is 5.75 Å². The van der Waals surface area contributed by atoms with Crippen molar-refractivity contribution < 1.29 is 9.59 Å². The first-order valence-corrected chi connectivity index (χ1v) is 9.95. The predicted molar refractivity (Wildman–Crippen MR) is 110 cm³/mol. The molecule has 1 aliphatic rings. The summed E-state index contributed by atoms with van der Waals surface area (Å²) in [5.41, 5.74) is 3.07. The fourth-order valence-electron chi connectivity index (χ4n) is 3.11. The maximum atomic E-state index is 12.6. The number of hydrogen-bond donors (Lipinski definition) is 0. The lowest BCUT2D eigenvalue weighted by Crippen LogP contribution is -2.27. The number of benzene rings is 3. The van der Waals surface area contributed by atoms with Gasteiger partial charge in [-0.2, -0.15) is 0 Å². The molecule has 1 saturated heterocycles. The fourth-order valence-corrected chi connectivity index (χ4v) is 4.41. The first-order chi connectivity index (χ1) is 13.1. The maximum absolute atomic E-state index is 12.6. The Kier molecular flexibility index (Phi) is 5.01. The number of rotatable bonds is 4. The van der Waals surface area contributed by atoms with Gasteiger partial charge in [-0.05, 0) is 42.0 Å². The highest BCUT2D eigenvalue weighted by molar-refractivity contribution is 8.00. The standard InChI is InChI=1S/C22H16ClNO2S/c23-18-10-6-17(7-11-18)22-24(20(25)14-27-22)19-12-8-16(9-13-19)21(26)15-4-2-1-3-5-15/h1-13,22H,14H2. The van der Waals surface area contributed by atoms with Crippen LogP contribution in [0.25, 0.3) is 0 Å². The molecule has 1 atom stereocenters. The number of thioether (sulfide) groups is 1. The quantitative estimate of drug-likeness (QED) is 0.561. The van der Waals surface area contributed by atoms with Crippen LogP contribution in [0.1, 0.15) is 26.9 Å². The van der Waals surface area contributed by atoms with Crippen molar-refractivity contribution >= 4 is 40.7 Å². The smallest absolute Gasteiger partial charge is 0.238 e. The van der Waals surface area contributed by atoms with Crippen molar-refractivity contribution in [1.29, 1.82) is 0 Å². The molecule has 0 bridgehead atoms. The lowest BCUT2D eigenvalue weighted by atomic mass is 10.0. The summed E-state index contributed by atoms with van der Waals surface area (Å²) in [6.45, 7) is 0. The van der Waals surface area contributed by atoms with E-state index in [4.69, 9.17) is 11.6 Å². The zero-order valence-corrected chi connectivity index (χ0v) is 15.9. The van der Waals surface area contributed by atoms with Crippen LogP contribution in [0.5, 0.6) is 0 Å². The average molecular weight is 394 g/mol. The number of nitrogens with zero attached hydrogens (tertiary/aromatic N) is 1. The van der Waals surface area contributed by atoms with E-state index < -0.39 is 0 Å².